The van der Waals surface area contributed by atoms with E-state index >= 15 is 0 Å². The van der Waals surface area contributed by atoms with E-state index in [1.54, 1.807) is 11.1 Å². The molecular weight excluding hydrogens is 455 g/mol. The van der Waals surface area contributed by atoms with Gasteiger partial charge in [-0.3, -0.25) is 0 Å². The SMILES string of the molecule is Cc1cc(C)c(B(c2cc(C)c3ccc4c(C)cc(C)c5c4c3c2CC5)c2c(C)cc(C)cc2C)c(C)c1. The summed E-state index contributed by atoms with van der Waals surface area (Å²) in [6.45, 7) is 20.9. The molecule has 0 saturated carbocycles. The van der Waals surface area contributed by atoms with Gasteiger partial charge >= 0.3 is 0 Å². The molecule has 0 N–H and O–H groups in total. The molecule has 190 valence electrons. The van der Waals surface area contributed by atoms with Crippen LogP contribution in [0.1, 0.15) is 61.2 Å². The molecule has 0 fully saturated rings. The molecule has 0 heterocycles. The summed E-state index contributed by atoms with van der Waals surface area (Å²) in [5, 5.41) is 5.88. The molecule has 5 aromatic carbocycles. The van der Waals surface area contributed by atoms with E-state index in [2.05, 4.69) is 111 Å². The monoisotopic (exact) mass is 494 g/mol. The van der Waals surface area contributed by atoms with E-state index in [9.17, 15) is 0 Å². The van der Waals surface area contributed by atoms with Crippen molar-refractivity contribution in [2.45, 2.75) is 75.2 Å². The fourth-order valence-electron chi connectivity index (χ4n) is 7.96. The zero-order valence-corrected chi connectivity index (χ0v) is 24.6. The third-order valence-electron chi connectivity index (χ3n) is 9.28. The predicted octanol–water partition coefficient (Wildman–Crippen LogP) is 7.38. The number of hydrogen-bond acceptors (Lipinski definition) is 0. The van der Waals surface area contributed by atoms with Crippen LogP contribution in [0.5, 0.6) is 0 Å². The first-order valence-electron chi connectivity index (χ1n) is 14.2. The highest BCUT2D eigenvalue weighted by molar-refractivity contribution is 6.97. The summed E-state index contributed by atoms with van der Waals surface area (Å²) >= 11 is 0. The highest BCUT2D eigenvalue weighted by Crippen LogP contribution is 2.39. The van der Waals surface area contributed by atoms with E-state index in [1.165, 1.54) is 88.0 Å². The molecule has 0 aliphatic heterocycles. The van der Waals surface area contributed by atoms with Gasteiger partial charge < -0.3 is 0 Å². The summed E-state index contributed by atoms with van der Waals surface area (Å²) in [5.74, 6) is 0. The summed E-state index contributed by atoms with van der Waals surface area (Å²) in [6, 6.07) is 19.2. The molecule has 38 heavy (non-hydrogen) atoms. The molecule has 0 spiro atoms. The van der Waals surface area contributed by atoms with Crippen LogP contribution < -0.4 is 16.4 Å². The standard InChI is InChI=1S/C37H39B/c1-20-14-25(6)36(26(7)15-20)38(37-27(8)16-21(2)17-28(37)9)33-19-24(5)31-11-10-29-22(3)18-23(4)30-12-13-32(33)35(31)34(29)30/h10-11,14-19H,12-13H2,1-9H3. The van der Waals surface area contributed by atoms with Gasteiger partial charge in [0.15, 0.2) is 0 Å². The Morgan fingerprint density at radius 1 is 0.447 bits per heavy atom. The Kier molecular flexibility index (Phi) is 5.83. The summed E-state index contributed by atoms with van der Waals surface area (Å²) in [4.78, 5) is 0. The second-order valence-corrected chi connectivity index (χ2v) is 12.2. The molecule has 0 atom stereocenters. The van der Waals surface area contributed by atoms with Crippen molar-refractivity contribution in [1.82, 2.24) is 0 Å². The maximum atomic E-state index is 2.54. The van der Waals surface area contributed by atoms with Crippen molar-refractivity contribution < 1.29 is 0 Å². The molecule has 6 rings (SSSR count). The number of benzene rings is 5. The lowest BCUT2D eigenvalue weighted by Crippen LogP contribution is -2.57. The van der Waals surface area contributed by atoms with Crippen molar-refractivity contribution in [2.24, 2.45) is 0 Å². The lowest BCUT2D eigenvalue weighted by atomic mass is 9.33. The fourth-order valence-corrected chi connectivity index (χ4v) is 7.96. The molecule has 1 aliphatic rings. The van der Waals surface area contributed by atoms with E-state index in [0.29, 0.717) is 0 Å². The maximum Gasteiger partial charge on any atom is 0.242 e. The fraction of sp³-hybridized carbons (Fsp3) is 0.297. The summed E-state index contributed by atoms with van der Waals surface area (Å²) < 4.78 is 0. The van der Waals surface area contributed by atoms with E-state index < -0.39 is 0 Å². The number of rotatable bonds is 3. The zero-order chi connectivity index (χ0) is 27.0. The Bertz CT molecular complexity index is 1700. The average Bonchev–Trinajstić information content (AvgIpc) is 2.83. The molecule has 0 radical (unpaired) electrons. The van der Waals surface area contributed by atoms with Gasteiger partial charge in [0.05, 0.1) is 0 Å². The smallest absolute Gasteiger partial charge is 0.0646 e. The van der Waals surface area contributed by atoms with Gasteiger partial charge in [0.2, 0.25) is 6.71 Å². The third kappa shape index (κ3) is 3.66. The van der Waals surface area contributed by atoms with Gasteiger partial charge in [-0.25, -0.2) is 0 Å². The minimum atomic E-state index is 0.219. The number of hydrogen-bond donors (Lipinski definition) is 0. The van der Waals surface area contributed by atoms with Gasteiger partial charge in [-0.15, -0.1) is 0 Å². The van der Waals surface area contributed by atoms with Crippen LogP contribution in [-0.4, -0.2) is 6.71 Å². The summed E-state index contributed by atoms with van der Waals surface area (Å²) in [5.41, 5.74) is 20.1. The maximum absolute atomic E-state index is 2.54. The quantitative estimate of drug-likeness (QED) is 0.181. The van der Waals surface area contributed by atoms with Crippen LogP contribution in [-0.2, 0) is 12.8 Å². The van der Waals surface area contributed by atoms with Crippen LogP contribution in [0.3, 0.4) is 0 Å². The van der Waals surface area contributed by atoms with Gasteiger partial charge in [-0.2, -0.15) is 0 Å². The Balaban J connectivity index is 1.80. The third-order valence-corrected chi connectivity index (χ3v) is 9.28. The molecule has 0 bridgehead atoms. The minimum Gasteiger partial charge on any atom is -0.0646 e. The van der Waals surface area contributed by atoms with Crippen LogP contribution in [0.15, 0.2) is 48.5 Å². The van der Waals surface area contributed by atoms with Gasteiger partial charge in [0.1, 0.15) is 0 Å². The van der Waals surface area contributed by atoms with Crippen LogP contribution in [0.4, 0.5) is 0 Å². The topological polar surface area (TPSA) is 0 Å². The molecule has 5 aromatic rings. The van der Waals surface area contributed by atoms with Gasteiger partial charge in [-0.05, 0) is 125 Å². The molecule has 1 heteroatoms. The predicted molar refractivity (Wildman–Crippen MR) is 169 cm³/mol. The van der Waals surface area contributed by atoms with Gasteiger partial charge in [-0.1, -0.05) is 98.3 Å². The Morgan fingerprint density at radius 3 is 1.37 bits per heavy atom. The van der Waals surface area contributed by atoms with Crippen LogP contribution >= 0.6 is 0 Å². The molecule has 0 unspecified atom stereocenters. The van der Waals surface area contributed by atoms with E-state index in [4.69, 9.17) is 0 Å². The molecule has 0 saturated heterocycles. The molecule has 0 amide bonds. The van der Waals surface area contributed by atoms with Gasteiger partial charge in [0.25, 0.3) is 0 Å². The second-order valence-electron chi connectivity index (χ2n) is 12.2. The van der Waals surface area contributed by atoms with Crippen molar-refractivity contribution >= 4 is 44.6 Å². The van der Waals surface area contributed by atoms with Crippen LogP contribution in [0.2, 0.25) is 0 Å². The molecule has 0 aromatic heterocycles. The summed E-state index contributed by atoms with van der Waals surface area (Å²) in [6.07, 6.45) is 2.22. The lowest BCUT2D eigenvalue weighted by molar-refractivity contribution is 0.961. The largest absolute Gasteiger partial charge is 0.242 e. The highest BCUT2D eigenvalue weighted by atomic mass is 14.3. The van der Waals surface area contributed by atoms with E-state index in [-0.39, 0.29) is 6.71 Å². The molecular formula is C37H39B. The van der Waals surface area contributed by atoms with Crippen molar-refractivity contribution in [1.29, 1.82) is 0 Å². The molecule has 1 aliphatic carbocycles. The lowest BCUT2D eigenvalue weighted by Gasteiger charge is -2.30. The van der Waals surface area contributed by atoms with Crippen LogP contribution in [0.25, 0.3) is 21.5 Å². The first-order valence-corrected chi connectivity index (χ1v) is 14.2. The summed E-state index contributed by atoms with van der Waals surface area (Å²) in [7, 11) is 0. The van der Waals surface area contributed by atoms with Crippen molar-refractivity contribution in [3.05, 3.63) is 110 Å². The average molecular weight is 495 g/mol. The first kappa shape index (κ1) is 25.0. The van der Waals surface area contributed by atoms with Gasteiger partial charge in [0, 0.05) is 0 Å². The Hall–Kier alpha value is -3.32. The van der Waals surface area contributed by atoms with Crippen LogP contribution in [0, 0.1) is 62.3 Å². The van der Waals surface area contributed by atoms with Crippen molar-refractivity contribution in [2.75, 3.05) is 0 Å². The Labute approximate surface area is 229 Å². The van der Waals surface area contributed by atoms with E-state index in [1.807, 2.05) is 0 Å². The molecule has 0 nitrogen and oxygen atoms in total. The van der Waals surface area contributed by atoms with Crippen molar-refractivity contribution in [3.8, 4) is 0 Å². The Morgan fingerprint density at radius 2 is 0.868 bits per heavy atom. The minimum absolute atomic E-state index is 0.219. The van der Waals surface area contributed by atoms with E-state index in [0.717, 1.165) is 12.8 Å². The first-order chi connectivity index (χ1) is 18.1. The van der Waals surface area contributed by atoms with Crippen molar-refractivity contribution in [3.63, 3.8) is 0 Å². The zero-order valence-electron chi connectivity index (χ0n) is 24.6. The normalized spacial score (nSPS) is 12.7. The number of aryl methyl sites for hydroxylation is 11. The highest BCUT2D eigenvalue weighted by Gasteiger charge is 2.32. The second kappa shape index (κ2) is 8.87.